The predicted molar refractivity (Wildman–Crippen MR) is 128 cm³/mol. The molecule has 0 spiro atoms. The van der Waals surface area contributed by atoms with Crippen molar-refractivity contribution < 1.29 is 14.6 Å². The Morgan fingerprint density at radius 3 is 2.50 bits per heavy atom. The van der Waals surface area contributed by atoms with Gasteiger partial charge in [0.1, 0.15) is 18.4 Å². The molecule has 1 aliphatic heterocycles. The van der Waals surface area contributed by atoms with Crippen LogP contribution in [0.4, 0.5) is 0 Å². The van der Waals surface area contributed by atoms with Crippen molar-refractivity contribution in [2.24, 2.45) is 0 Å². The van der Waals surface area contributed by atoms with Crippen molar-refractivity contribution in [3.8, 4) is 5.75 Å². The van der Waals surface area contributed by atoms with Crippen LogP contribution in [-0.4, -0.2) is 28.6 Å². The molecule has 1 saturated heterocycles. The normalized spacial score (nSPS) is 17.6. The van der Waals surface area contributed by atoms with Gasteiger partial charge in [0.05, 0.1) is 6.04 Å². The molecule has 4 nitrogen and oxygen atoms in total. The molecular weight excluding hydrogens is 445 g/mol. The highest BCUT2D eigenvalue weighted by Gasteiger charge is 2.37. The van der Waals surface area contributed by atoms with Gasteiger partial charge < -0.3 is 9.84 Å². The van der Waals surface area contributed by atoms with Crippen LogP contribution in [0.25, 0.3) is 0 Å². The first kappa shape index (κ1) is 22.7. The molecule has 0 bridgehead atoms. The van der Waals surface area contributed by atoms with Gasteiger partial charge in [0.2, 0.25) is 0 Å². The van der Waals surface area contributed by atoms with Crippen molar-refractivity contribution in [1.29, 1.82) is 0 Å². The Balaban J connectivity index is 1.77. The fourth-order valence-electron chi connectivity index (χ4n) is 4.35. The number of para-hydroxylation sites is 1. The van der Waals surface area contributed by atoms with E-state index in [2.05, 4.69) is 0 Å². The largest absolute Gasteiger partial charge is 0.489 e. The number of benzene rings is 3. The second kappa shape index (κ2) is 10.4. The summed E-state index contributed by atoms with van der Waals surface area (Å²) < 4.78 is 6.23. The Morgan fingerprint density at radius 2 is 1.75 bits per heavy atom. The second-order valence-electron chi connectivity index (χ2n) is 7.97. The average molecular weight is 470 g/mol. The van der Waals surface area contributed by atoms with E-state index in [0.717, 1.165) is 29.5 Å². The highest BCUT2D eigenvalue weighted by atomic mass is 35.5. The van der Waals surface area contributed by atoms with E-state index in [9.17, 15) is 9.90 Å². The maximum absolute atomic E-state index is 12.1. The number of carboxylic acids is 1. The molecule has 32 heavy (non-hydrogen) atoms. The summed E-state index contributed by atoms with van der Waals surface area (Å²) >= 11 is 12.8. The van der Waals surface area contributed by atoms with Gasteiger partial charge in [-0.2, -0.15) is 0 Å². The van der Waals surface area contributed by atoms with Gasteiger partial charge in [-0.05, 0) is 48.7 Å². The topological polar surface area (TPSA) is 49.8 Å². The monoisotopic (exact) mass is 469 g/mol. The minimum Gasteiger partial charge on any atom is -0.489 e. The Morgan fingerprint density at radius 1 is 1.00 bits per heavy atom. The summed E-state index contributed by atoms with van der Waals surface area (Å²) in [6, 6.07) is 22.2. The number of likely N-dealkylation sites (tertiary alicyclic amines) is 1. The van der Waals surface area contributed by atoms with Crippen LogP contribution in [0.15, 0.2) is 72.8 Å². The Hall–Kier alpha value is -2.53. The molecule has 0 aliphatic carbocycles. The molecule has 1 fully saturated rings. The number of carbonyl (C=O) groups is 1. The van der Waals surface area contributed by atoms with Gasteiger partial charge in [-0.15, -0.1) is 0 Å². The Bertz CT molecular complexity index is 1070. The third-order valence-electron chi connectivity index (χ3n) is 5.87. The molecule has 1 N–H and O–H groups in total. The Kier molecular flexibility index (Phi) is 7.36. The van der Waals surface area contributed by atoms with Crippen LogP contribution in [0.2, 0.25) is 10.0 Å². The highest BCUT2D eigenvalue weighted by molar-refractivity contribution is 6.35. The van der Waals surface area contributed by atoms with Gasteiger partial charge in [0.15, 0.2) is 0 Å². The van der Waals surface area contributed by atoms with E-state index in [-0.39, 0.29) is 6.04 Å². The van der Waals surface area contributed by atoms with Crippen LogP contribution >= 0.6 is 23.2 Å². The lowest BCUT2D eigenvalue weighted by molar-refractivity contribution is -0.145. The molecule has 1 aliphatic rings. The molecule has 0 amide bonds. The quantitative estimate of drug-likeness (QED) is 0.423. The summed E-state index contributed by atoms with van der Waals surface area (Å²) in [5.41, 5.74) is 2.77. The van der Waals surface area contributed by atoms with E-state index >= 15 is 0 Å². The molecule has 3 aromatic carbocycles. The van der Waals surface area contributed by atoms with Crippen LogP contribution in [0, 0.1) is 0 Å². The van der Waals surface area contributed by atoms with Crippen LogP contribution in [-0.2, 0) is 11.4 Å². The molecular formula is C26H25Cl2NO3. The minimum absolute atomic E-state index is 0.367. The highest BCUT2D eigenvalue weighted by Crippen LogP contribution is 2.41. The van der Waals surface area contributed by atoms with E-state index in [0.29, 0.717) is 35.4 Å². The zero-order valence-corrected chi connectivity index (χ0v) is 19.1. The number of hydrogen-bond donors (Lipinski definition) is 1. The first-order valence-electron chi connectivity index (χ1n) is 10.7. The average Bonchev–Trinajstić information content (AvgIpc) is 2.81. The number of piperidine rings is 1. The standard InChI is InChI=1S/C26H25Cl2NO3/c27-19-13-14-20(22(28)16-19)25(29-15-7-6-11-23(29)26(30)31)21-10-4-5-12-24(21)32-17-18-8-2-1-3-9-18/h1-5,8-10,12-14,16,23,25H,6-7,11,15,17H2,(H,30,31). The van der Waals surface area contributed by atoms with E-state index in [1.165, 1.54) is 0 Å². The zero-order chi connectivity index (χ0) is 22.5. The Labute approximate surface area is 198 Å². The van der Waals surface area contributed by atoms with Gasteiger partial charge in [-0.25, -0.2) is 0 Å². The fourth-order valence-corrected chi connectivity index (χ4v) is 4.86. The lowest BCUT2D eigenvalue weighted by Gasteiger charge is -2.40. The number of rotatable bonds is 7. The molecule has 0 saturated carbocycles. The molecule has 1 heterocycles. The third-order valence-corrected chi connectivity index (χ3v) is 6.43. The van der Waals surface area contributed by atoms with Gasteiger partial charge in [-0.3, -0.25) is 9.69 Å². The number of ether oxygens (including phenoxy) is 1. The molecule has 2 atom stereocenters. The predicted octanol–water partition coefficient (Wildman–Crippen LogP) is 6.60. The van der Waals surface area contributed by atoms with E-state index in [1.54, 1.807) is 12.1 Å². The van der Waals surface area contributed by atoms with E-state index in [4.69, 9.17) is 27.9 Å². The zero-order valence-electron chi connectivity index (χ0n) is 17.6. The maximum Gasteiger partial charge on any atom is 0.320 e. The molecule has 4 rings (SSSR count). The smallest absolute Gasteiger partial charge is 0.320 e. The first-order valence-corrected chi connectivity index (χ1v) is 11.5. The van der Waals surface area contributed by atoms with Gasteiger partial charge in [-0.1, -0.05) is 84.2 Å². The number of halogens is 2. The van der Waals surface area contributed by atoms with Gasteiger partial charge in [0.25, 0.3) is 0 Å². The number of nitrogens with zero attached hydrogens (tertiary/aromatic N) is 1. The number of aliphatic carboxylic acids is 1. The minimum atomic E-state index is -0.817. The van der Waals surface area contributed by atoms with Crippen molar-refractivity contribution in [2.45, 2.75) is 38.0 Å². The maximum atomic E-state index is 12.1. The summed E-state index contributed by atoms with van der Waals surface area (Å²) in [6.45, 7) is 1.08. The van der Waals surface area contributed by atoms with Crippen molar-refractivity contribution in [1.82, 2.24) is 4.90 Å². The van der Waals surface area contributed by atoms with E-state index in [1.807, 2.05) is 65.6 Å². The first-order chi connectivity index (χ1) is 15.5. The summed E-state index contributed by atoms with van der Waals surface area (Å²) in [5, 5.41) is 11.0. The van der Waals surface area contributed by atoms with Crippen LogP contribution in [0.3, 0.4) is 0 Å². The molecule has 6 heteroatoms. The van der Waals surface area contributed by atoms with Crippen molar-refractivity contribution in [3.05, 3.63) is 99.5 Å². The molecule has 166 valence electrons. The van der Waals surface area contributed by atoms with Gasteiger partial charge in [0, 0.05) is 15.6 Å². The van der Waals surface area contributed by atoms with Crippen LogP contribution in [0.5, 0.6) is 5.75 Å². The number of hydrogen-bond acceptors (Lipinski definition) is 3. The van der Waals surface area contributed by atoms with Crippen molar-refractivity contribution >= 4 is 29.2 Å². The van der Waals surface area contributed by atoms with Crippen molar-refractivity contribution in [2.75, 3.05) is 6.54 Å². The van der Waals surface area contributed by atoms with E-state index < -0.39 is 12.0 Å². The summed E-state index contributed by atoms with van der Waals surface area (Å²) in [5.74, 6) is -0.107. The molecule has 0 aromatic heterocycles. The van der Waals surface area contributed by atoms with Crippen molar-refractivity contribution in [3.63, 3.8) is 0 Å². The van der Waals surface area contributed by atoms with Crippen LogP contribution in [0.1, 0.15) is 42.0 Å². The molecule has 0 radical (unpaired) electrons. The SMILES string of the molecule is O=C(O)C1CCCCN1C(c1ccc(Cl)cc1Cl)c1ccccc1OCc1ccccc1. The molecule has 3 aromatic rings. The summed E-state index contributed by atoms with van der Waals surface area (Å²) in [7, 11) is 0. The summed E-state index contributed by atoms with van der Waals surface area (Å²) in [6.07, 6.45) is 2.42. The lowest BCUT2D eigenvalue weighted by Crippen LogP contribution is -2.47. The van der Waals surface area contributed by atoms with Gasteiger partial charge >= 0.3 is 5.97 Å². The lowest BCUT2D eigenvalue weighted by atomic mass is 9.91. The van der Waals surface area contributed by atoms with Crippen LogP contribution < -0.4 is 4.74 Å². The number of carboxylic acid groups (broad SMARTS) is 1. The molecule has 2 unspecified atom stereocenters. The third kappa shape index (κ3) is 5.09. The second-order valence-corrected chi connectivity index (χ2v) is 8.81. The fraction of sp³-hybridized carbons (Fsp3) is 0.269. The summed E-state index contributed by atoms with van der Waals surface area (Å²) in [4.78, 5) is 14.2.